The number of hydrogen-bond donors (Lipinski definition) is 2. The highest BCUT2D eigenvalue weighted by Crippen LogP contribution is 1.86. The van der Waals surface area contributed by atoms with Crippen molar-refractivity contribution >= 4 is 0 Å². The summed E-state index contributed by atoms with van der Waals surface area (Å²) in [5, 5.41) is 0. The van der Waals surface area contributed by atoms with Crippen LogP contribution in [0.4, 0.5) is 0 Å². The van der Waals surface area contributed by atoms with Crippen LogP contribution in [0, 0.1) is 0 Å². The maximum absolute atomic E-state index is 5.21. The van der Waals surface area contributed by atoms with Crippen LogP contribution < -0.4 is 11.3 Å². The van der Waals surface area contributed by atoms with Crippen molar-refractivity contribution < 1.29 is 4.74 Å². The van der Waals surface area contributed by atoms with Crippen molar-refractivity contribution in [2.75, 3.05) is 13.2 Å². The molecule has 0 aliphatic carbocycles. The molecule has 0 aliphatic rings. The van der Waals surface area contributed by atoms with E-state index >= 15 is 0 Å². The molecule has 0 aromatic carbocycles. The van der Waals surface area contributed by atoms with E-state index in [2.05, 4.69) is 18.9 Å². The van der Waals surface area contributed by atoms with Gasteiger partial charge in [0.05, 0.1) is 12.6 Å². The number of ether oxygens (including phenoxy) is 1. The summed E-state index contributed by atoms with van der Waals surface area (Å²) in [6.07, 6.45) is 2.77. The van der Waals surface area contributed by atoms with Gasteiger partial charge in [-0.05, 0) is 6.42 Å². The van der Waals surface area contributed by atoms with Crippen molar-refractivity contribution in [1.82, 2.24) is 5.43 Å². The van der Waals surface area contributed by atoms with Gasteiger partial charge in [-0.2, -0.15) is 0 Å². The maximum atomic E-state index is 5.21. The van der Waals surface area contributed by atoms with Crippen molar-refractivity contribution in [2.45, 2.75) is 19.4 Å². The molecule has 0 spiro atoms. The Morgan fingerprint density at radius 1 is 1.80 bits per heavy atom. The van der Waals surface area contributed by atoms with Crippen LogP contribution in [0.3, 0.4) is 0 Å². The third-order valence-corrected chi connectivity index (χ3v) is 1.14. The number of hydrogen-bond acceptors (Lipinski definition) is 3. The molecule has 0 amide bonds. The second-order valence-electron chi connectivity index (χ2n) is 2.08. The van der Waals surface area contributed by atoms with Gasteiger partial charge in [0, 0.05) is 6.61 Å². The molecule has 3 N–H and O–H groups in total. The van der Waals surface area contributed by atoms with Gasteiger partial charge in [-0.1, -0.05) is 13.0 Å². The molecule has 0 rings (SSSR count). The molecule has 1 unspecified atom stereocenters. The summed E-state index contributed by atoms with van der Waals surface area (Å²) in [5.74, 6) is 5.16. The van der Waals surface area contributed by atoms with E-state index in [9.17, 15) is 0 Å². The Hall–Kier alpha value is -0.380. The van der Waals surface area contributed by atoms with E-state index in [0.29, 0.717) is 6.61 Å². The lowest BCUT2D eigenvalue weighted by Gasteiger charge is -2.10. The van der Waals surface area contributed by atoms with Crippen molar-refractivity contribution in [1.29, 1.82) is 0 Å². The van der Waals surface area contributed by atoms with Gasteiger partial charge in [-0.25, -0.2) is 0 Å². The van der Waals surface area contributed by atoms with Gasteiger partial charge in [0.1, 0.15) is 0 Å². The number of nitrogens with one attached hydrogen (secondary N) is 1. The van der Waals surface area contributed by atoms with Crippen molar-refractivity contribution in [3.05, 3.63) is 12.7 Å². The van der Waals surface area contributed by atoms with Crippen molar-refractivity contribution in [2.24, 2.45) is 5.84 Å². The highest BCUT2D eigenvalue weighted by Gasteiger charge is 1.98. The molecule has 1 atom stereocenters. The molecular formula is C7H16N2O. The van der Waals surface area contributed by atoms with Gasteiger partial charge in [-0.3, -0.25) is 11.3 Å². The summed E-state index contributed by atoms with van der Waals surface area (Å²) in [7, 11) is 0. The van der Waals surface area contributed by atoms with Crippen LogP contribution in [0.25, 0.3) is 0 Å². The summed E-state index contributed by atoms with van der Waals surface area (Å²) in [6.45, 7) is 7.05. The fraction of sp³-hybridized carbons (Fsp3) is 0.714. The zero-order valence-corrected chi connectivity index (χ0v) is 6.47. The molecule has 0 saturated heterocycles. The number of rotatable bonds is 6. The minimum absolute atomic E-state index is 0.0755. The highest BCUT2D eigenvalue weighted by molar-refractivity contribution is 4.83. The quantitative estimate of drug-likeness (QED) is 0.246. The average Bonchev–Trinajstić information content (AvgIpc) is 1.99. The van der Waals surface area contributed by atoms with Crippen molar-refractivity contribution in [3.8, 4) is 0 Å². The average molecular weight is 144 g/mol. The first kappa shape index (κ1) is 9.62. The van der Waals surface area contributed by atoms with E-state index in [1.54, 1.807) is 6.08 Å². The van der Waals surface area contributed by atoms with Crippen LogP contribution in [-0.4, -0.2) is 19.3 Å². The molecule has 3 heteroatoms. The van der Waals surface area contributed by atoms with Crippen LogP contribution in [0.5, 0.6) is 0 Å². The SMILES string of the molecule is C=CC(COCCC)NN. The predicted octanol–water partition coefficient (Wildman–Crippen LogP) is 0.431. The molecular weight excluding hydrogens is 128 g/mol. The lowest BCUT2D eigenvalue weighted by molar-refractivity contribution is 0.122. The molecule has 0 saturated carbocycles. The van der Waals surface area contributed by atoms with Gasteiger partial charge >= 0.3 is 0 Å². The van der Waals surface area contributed by atoms with Crippen LogP contribution in [0.15, 0.2) is 12.7 Å². The molecule has 0 aromatic rings. The highest BCUT2D eigenvalue weighted by atomic mass is 16.5. The molecule has 0 fully saturated rings. The van der Waals surface area contributed by atoms with E-state index < -0.39 is 0 Å². The normalized spacial score (nSPS) is 13.0. The van der Waals surface area contributed by atoms with Crippen LogP contribution in [-0.2, 0) is 4.74 Å². The van der Waals surface area contributed by atoms with Crippen LogP contribution in [0.1, 0.15) is 13.3 Å². The number of hydrazine groups is 1. The topological polar surface area (TPSA) is 47.3 Å². The Balaban J connectivity index is 3.17. The third-order valence-electron chi connectivity index (χ3n) is 1.14. The number of nitrogens with two attached hydrogens (primary N) is 1. The molecule has 0 bridgehead atoms. The lowest BCUT2D eigenvalue weighted by Crippen LogP contribution is -2.36. The first-order chi connectivity index (χ1) is 4.85. The van der Waals surface area contributed by atoms with E-state index in [4.69, 9.17) is 10.6 Å². The molecule has 3 nitrogen and oxygen atoms in total. The Labute approximate surface area is 62.2 Å². The van der Waals surface area contributed by atoms with Crippen LogP contribution in [0.2, 0.25) is 0 Å². The largest absolute Gasteiger partial charge is 0.379 e. The van der Waals surface area contributed by atoms with Crippen LogP contribution >= 0.6 is 0 Å². The smallest absolute Gasteiger partial charge is 0.0668 e. The van der Waals surface area contributed by atoms with E-state index in [1.165, 1.54) is 0 Å². The summed E-state index contributed by atoms with van der Waals surface area (Å²) < 4.78 is 5.21. The van der Waals surface area contributed by atoms with Gasteiger partial charge in [0.15, 0.2) is 0 Å². The Kier molecular flexibility index (Phi) is 6.48. The van der Waals surface area contributed by atoms with Gasteiger partial charge in [0.25, 0.3) is 0 Å². The molecule has 10 heavy (non-hydrogen) atoms. The standard InChI is InChI=1S/C7H16N2O/c1-3-5-10-6-7(4-2)9-8/h4,7,9H,2-3,5-6,8H2,1H3. The molecule has 0 aromatic heterocycles. The summed E-state index contributed by atoms with van der Waals surface area (Å²) in [6, 6.07) is 0.0755. The zero-order chi connectivity index (χ0) is 7.82. The summed E-state index contributed by atoms with van der Waals surface area (Å²) in [4.78, 5) is 0. The van der Waals surface area contributed by atoms with E-state index in [1.807, 2.05) is 0 Å². The second-order valence-corrected chi connectivity index (χ2v) is 2.08. The Morgan fingerprint density at radius 3 is 2.90 bits per heavy atom. The van der Waals surface area contributed by atoms with Gasteiger partial charge in [0.2, 0.25) is 0 Å². The van der Waals surface area contributed by atoms with E-state index in [0.717, 1.165) is 13.0 Å². The Morgan fingerprint density at radius 2 is 2.50 bits per heavy atom. The zero-order valence-electron chi connectivity index (χ0n) is 6.47. The fourth-order valence-corrected chi connectivity index (χ4v) is 0.539. The summed E-state index contributed by atoms with van der Waals surface area (Å²) >= 11 is 0. The van der Waals surface area contributed by atoms with Gasteiger partial charge in [-0.15, -0.1) is 6.58 Å². The lowest BCUT2D eigenvalue weighted by atomic mass is 10.3. The predicted molar refractivity (Wildman–Crippen MR) is 42.4 cm³/mol. The molecule has 0 heterocycles. The minimum atomic E-state index is 0.0755. The molecule has 0 aliphatic heterocycles. The third kappa shape index (κ3) is 4.49. The van der Waals surface area contributed by atoms with Gasteiger partial charge < -0.3 is 4.74 Å². The van der Waals surface area contributed by atoms with E-state index in [-0.39, 0.29) is 6.04 Å². The monoisotopic (exact) mass is 144 g/mol. The minimum Gasteiger partial charge on any atom is -0.379 e. The second kappa shape index (κ2) is 6.74. The maximum Gasteiger partial charge on any atom is 0.0668 e. The molecule has 0 radical (unpaired) electrons. The summed E-state index contributed by atoms with van der Waals surface area (Å²) in [5.41, 5.74) is 2.57. The first-order valence-corrected chi connectivity index (χ1v) is 3.51. The van der Waals surface area contributed by atoms with Crippen molar-refractivity contribution in [3.63, 3.8) is 0 Å². The fourth-order valence-electron chi connectivity index (χ4n) is 0.539. The molecule has 60 valence electrons. The first-order valence-electron chi connectivity index (χ1n) is 3.51. The Bertz CT molecular complexity index is 85.7.